The van der Waals surface area contributed by atoms with E-state index < -0.39 is 0 Å². The van der Waals surface area contributed by atoms with Crippen molar-refractivity contribution in [1.82, 2.24) is 15.3 Å². The minimum Gasteiger partial charge on any atom is -0.367 e. The summed E-state index contributed by atoms with van der Waals surface area (Å²) in [5.74, 6) is 0.715. The van der Waals surface area contributed by atoms with Crippen molar-refractivity contribution in [2.75, 3.05) is 13.2 Å². The number of amides is 1. The Hall–Kier alpha value is -1.36. The predicted octanol–water partition coefficient (Wildman–Crippen LogP) is 1.75. The topological polar surface area (TPSA) is 67.0 Å². The number of ether oxygens (including phenoxy) is 1. The second-order valence-corrected chi connectivity index (χ2v) is 6.62. The third kappa shape index (κ3) is 2.16. The smallest absolute Gasteiger partial charge is 0.271 e. The molecular formula is C14H21N3O2. The van der Waals surface area contributed by atoms with Gasteiger partial charge in [-0.05, 0) is 31.6 Å². The number of aromatic amines is 1. The Morgan fingerprint density at radius 1 is 1.32 bits per heavy atom. The molecule has 3 heterocycles. The molecule has 5 heteroatoms. The lowest BCUT2D eigenvalue weighted by Crippen LogP contribution is -2.32. The number of fused-ring (bicyclic) bond motifs is 1. The number of hydrogen-bond acceptors (Lipinski definition) is 3. The molecular weight excluding hydrogens is 242 g/mol. The maximum absolute atomic E-state index is 12.1. The Labute approximate surface area is 113 Å². The van der Waals surface area contributed by atoms with Crippen LogP contribution in [0.25, 0.3) is 0 Å². The van der Waals surface area contributed by atoms with Crippen LogP contribution in [0.2, 0.25) is 0 Å². The Bertz CT molecular complexity index is 513. The minimum absolute atomic E-state index is 0.0438. The zero-order chi connectivity index (χ0) is 13.7. The fourth-order valence-corrected chi connectivity index (χ4v) is 2.89. The van der Waals surface area contributed by atoms with E-state index in [4.69, 9.17) is 4.74 Å². The number of carbonyl (C=O) groups is 1. The van der Waals surface area contributed by atoms with Crippen molar-refractivity contribution < 1.29 is 9.53 Å². The van der Waals surface area contributed by atoms with Gasteiger partial charge in [0.1, 0.15) is 17.1 Å². The largest absolute Gasteiger partial charge is 0.367 e. The molecule has 0 saturated carbocycles. The first-order valence-corrected chi connectivity index (χ1v) is 6.91. The Morgan fingerprint density at radius 2 is 2.11 bits per heavy atom. The van der Waals surface area contributed by atoms with Gasteiger partial charge in [-0.1, -0.05) is 13.8 Å². The van der Waals surface area contributed by atoms with Gasteiger partial charge in [0, 0.05) is 18.8 Å². The van der Waals surface area contributed by atoms with Crippen LogP contribution in [0.1, 0.15) is 55.6 Å². The van der Waals surface area contributed by atoms with Crippen molar-refractivity contribution in [1.29, 1.82) is 0 Å². The number of hydrogen-bond donors (Lipinski definition) is 2. The van der Waals surface area contributed by atoms with Crippen LogP contribution in [0.4, 0.5) is 0 Å². The highest BCUT2D eigenvalue weighted by molar-refractivity contribution is 5.94. The van der Waals surface area contributed by atoms with Crippen LogP contribution >= 0.6 is 0 Å². The predicted molar refractivity (Wildman–Crippen MR) is 70.9 cm³/mol. The standard InChI is InChI=1S/C14H21N3O2/c1-13(2)7-9-10(11(18)15-8-13)17-12(16-9)14(3)5-4-6-19-14/h4-8H2,1-3H3,(H,15,18)(H,16,17). The van der Waals surface area contributed by atoms with Crippen LogP contribution in [-0.4, -0.2) is 29.0 Å². The Morgan fingerprint density at radius 3 is 2.79 bits per heavy atom. The van der Waals surface area contributed by atoms with E-state index >= 15 is 0 Å². The van der Waals surface area contributed by atoms with Crippen LogP contribution in [0, 0.1) is 5.41 Å². The molecule has 1 amide bonds. The van der Waals surface area contributed by atoms with Gasteiger partial charge in [-0.2, -0.15) is 0 Å². The molecule has 2 aliphatic rings. The number of H-pyrrole nitrogens is 1. The molecule has 104 valence electrons. The monoisotopic (exact) mass is 263 g/mol. The van der Waals surface area contributed by atoms with E-state index in [1.807, 2.05) is 6.92 Å². The molecule has 19 heavy (non-hydrogen) atoms. The molecule has 1 aromatic heterocycles. The third-order valence-electron chi connectivity index (χ3n) is 4.10. The molecule has 1 aromatic rings. The summed E-state index contributed by atoms with van der Waals surface area (Å²) in [5.41, 5.74) is 1.16. The first-order chi connectivity index (χ1) is 8.90. The van der Waals surface area contributed by atoms with E-state index in [2.05, 4.69) is 29.1 Å². The molecule has 2 aliphatic heterocycles. The normalized spacial score (nSPS) is 29.7. The van der Waals surface area contributed by atoms with Crippen molar-refractivity contribution in [3.8, 4) is 0 Å². The summed E-state index contributed by atoms with van der Waals surface area (Å²) < 4.78 is 5.80. The number of aromatic nitrogens is 2. The summed E-state index contributed by atoms with van der Waals surface area (Å²) in [6, 6.07) is 0. The van der Waals surface area contributed by atoms with Gasteiger partial charge in [0.2, 0.25) is 0 Å². The summed E-state index contributed by atoms with van der Waals surface area (Å²) >= 11 is 0. The summed E-state index contributed by atoms with van der Waals surface area (Å²) in [5, 5.41) is 2.95. The Balaban J connectivity index is 2.00. The molecule has 2 N–H and O–H groups in total. The molecule has 0 aliphatic carbocycles. The van der Waals surface area contributed by atoms with Gasteiger partial charge < -0.3 is 15.0 Å². The fourth-order valence-electron chi connectivity index (χ4n) is 2.89. The molecule has 1 atom stereocenters. The van der Waals surface area contributed by atoms with Gasteiger partial charge in [-0.25, -0.2) is 4.98 Å². The molecule has 1 saturated heterocycles. The van der Waals surface area contributed by atoms with Crippen LogP contribution < -0.4 is 5.32 Å². The molecule has 3 rings (SSSR count). The average Bonchev–Trinajstić information content (AvgIpc) is 2.91. The maximum Gasteiger partial charge on any atom is 0.271 e. The summed E-state index contributed by atoms with van der Waals surface area (Å²) in [4.78, 5) is 20.0. The maximum atomic E-state index is 12.1. The lowest BCUT2D eigenvalue weighted by Gasteiger charge is -2.22. The van der Waals surface area contributed by atoms with Crippen molar-refractivity contribution in [2.45, 2.75) is 45.6 Å². The second kappa shape index (κ2) is 4.07. The SMILES string of the molecule is CC1(C)CNC(=O)c2nc(C3(C)CCCO3)[nH]c2C1. The van der Waals surface area contributed by atoms with Gasteiger partial charge >= 0.3 is 0 Å². The van der Waals surface area contributed by atoms with Crippen molar-refractivity contribution in [3.63, 3.8) is 0 Å². The first kappa shape index (κ1) is 12.7. The molecule has 0 radical (unpaired) electrons. The average molecular weight is 263 g/mol. The van der Waals surface area contributed by atoms with Gasteiger partial charge in [-0.3, -0.25) is 4.79 Å². The zero-order valence-corrected chi connectivity index (χ0v) is 11.8. The summed E-state index contributed by atoms with van der Waals surface area (Å²) in [6.07, 6.45) is 2.81. The highest BCUT2D eigenvalue weighted by atomic mass is 16.5. The lowest BCUT2D eigenvalue weighted by molar-refractivity contribution is 0.00983. The number of nitrogens with one attached hydrogen (secondary N) is 2. The van der Waals surface area contributed by atoms with E-state index in [9.17, 15) is 4.79 Å². The van der Waals surface area contributed by atoms with Crippen LogP contribution in [0.15, 0.2) is 0 Å². The van der Waals surface area contributed by atoms with Crippen molar-refractivity contribution in [2.24, 2.45) is 5.41 Å². The number of carbonyl (C=O) groups excluding carboxylic acids is 1. The molecule has 0 bridgehead atoms. The number of rotatable bonds is 1. The minimum atomic E-state index is -0.364. The molecule has 0 spiro atoms. The first-order valence-electron chi connectivity index (χ1n) is 6.91. The van der Waals surface area contributed by atoms with E-state index in [-0.39, 0.29) is 16.9 Å². The van der Waals surface area contributed by atoms with Gasteiger partial charge in [0.05, 0.1) is 0 Å². The van der Waals surface area contributed by atoms with E-state index in [1.54, 1.807) is 0 Å². The van der Waals surface area contributed by atoms with Crippen molar-refractivity contribution >= 4 is 5.91 Å². The van der Waals surface area contributed by atoms with Crippen molar-refractivity contribution in [3.05, 3.63) is 17.2 Å². The molecule has 1 fully saturated rings. The Kier molecular flexibility index (Phi) is 2.71. The lowest BCUT2D eigenvalue weighted by atomic mass is 9.88. The van der Waals surface area contributed by atoms with Gasteiger partial charge in [0.25, 0.3) is 5.91 Å². The van der Waals surface area contributed by atoms with E-state index in [0.717, 1.165) is 37.4 Å². The summed E-state index contributed by atoms with van der Waals surface area (Å²) in [6.45, 7) is 7.78. The zero-order valence-electron chi connectivity index (χ0n) is 11.8. The molecule has 1 unspecified atom stereocenters. The van der Waals surface area contributed by atoms with Crippen LogP contribution in [-0.2, 0) is 16.8 Å². The van der Waals surface area contributed by atoms with Gasteiger partial charge in [0.15, 0.2) is 0 Å². The molecule has 5 nitrogen and oxygen atoms in total. The number of nitrogens with zero attached hydrogens (tertiary/aromatic N) is 1. The number of imidazole rings is 1. The van der Waals surface area contributed by atoms with E-state index in [0.29, 0.717) is 12.2 Å². The highest BCUT2D eigenvalue weighted by Crippen LogP contribution is 2.35. The summed E-state index contributed by atoms with van der Waals surface area (Å²) in [7, 11) is 0. The quantitative estimate of drug-likeness (QED) is 0.811. The van der Waals surface area contributed by atoms with Crippen LogP contribution in [0.5, 0.6) is 0 Å². The fraction of sp³-hybridized carbons (Fsp3) is 0.714. The van der Waals surface area contributed by atoms with E-state index in [1.165, 1.54) is 0 Å². The van der Waals surface area contributed by atoms with Gasteiger partial charge in [-0.15, -0.1) is 0 Å². The molecule has 0 aromatic carbocycles. The third-order valence-corrected chi connectivity index (χ3v) is 4.10. The highest BCUT2D eigenvalue weighted by Gasteiger charge is 2.38. The second-order valence-electron chi connectivity index (χ2n) is 6.62. The van der Waals surface area contributed by atoms with Crippen LogP contribution in [0.3, 0.4) is 0 Å².